The number of carbonyl (C=O) groups is 2. The van der Waals surface area contributed by atoms with E-state index in [1.807, 2.05) is 24.8 Å². The zero-order valence-corrected chi connectivity index (χ0v) is 18.9. The van der Waals surface area contributed by atoms with E-state index in [0.717, 1.165) is 30.3 Å². The number of benzene rings is 1. The predicted octanol–water partition coefficient (Wildman–Crippen LogP) is 4.04. The summed E-state index contributed by atoms with van der Waals surface area (Å²) in [5.41, 5.74) is 2.38. The van der Waals surface area contributed by atoms with E-state index >= 15 is 0 Å². The van der Waals surface area contributed by atoms with Crippen LogP contribution in [0.25, 0.3) is 11.0 Å². The molecule has 0 radical (unpaired) electrons. The Morgan fingerprint density at radius 2 is 1.81 bits per heavy atom. The Bertz CT molecular complexity index is 1090. The van der Waals surface area contributed by atoms with Gasteiger partial charge in [0.2, 0.25) is 0 Å². The lowest BCUT2D eigenvalue weighted by Gasteiger charge is -2.33. The van der Waals surface area contributed by atoms with Crippen molar-refractivity contribution >= 4 is 22.9 Å². The molecule has 1 aliphatic rings. The van der Waals surface area contributed by atoms with Gasteiger partial charge in [-0.15, -0.1) is 0 Å². The largest absolute Gasteiger partial charge is 0.449 e. The second-order valence-electron chi connectivity index (χ2n) is 8.83. The van der Waals surface area contributed by atoms with E-state index in [1.54, 1.807) is 23.9 Å². The maximum absolute atomic E-state index is 12.8. The van der Waals surface area contributed by atoms with E-state index in [2.05, 4.69) is 34.3 Å². The van der Waals surface area contributed by atoms with Gasteiger partial charge in [0.05, 0.1) is 11.8 Å². The standard InChI is InChI=1S/C25H30N4O3/c1-17(2)29-23-21(16-27-29)14-22(15-26-23)25(31)32-18(3)24(30)28-11-9-20(10-12-28)13-19-7-5-4-6-8-19/h4-8,14-18,20H,9-13H2,1-3H3. The zero-order valence-electron chi connectivity index (χ0n) is 18.9. The van der Waals surface area contributed by atoms with Crippen molar-refractivity contribution in [1.82, 2.24) is 19.7 Å². The SMILES string of the molecule is CC(OC(=O)c1cnc2c(cnn2C(C)C)c1)C(=O)N1CCC(Cc2ccccc2)CC1. The van der Waals surface area contributed by atoms with E-state index in [9.17, 15) is 9.59 Å². The number of esters is 1. The fraction of sp³-hybridized carbons (Fsp3) is 0.440. The van der Waals surface area contributed by atoms with Gasteiger partial charge in [-0.2, -0.15) is 5.10 Å². The minimum absolute atomic E-state index is 0.141. The van der Waals surface area contributed by atoms with Crippen LogP contribution in [0.2, 0.25) is 0 Å². The molecule has 1 saturated heterocycles. The summed E-state index contributed by atoms with van der Waals surface area (Å²) in [6.45, 7) is 7.07. The molecule has 3 aromatic rings. The molecule has 1 unspecified atom stereocenters. The van der Waals surface area contributed by atoms with Crippen LogP contribution in [0.3, 0.4) is 0 Å². The summed E-state index contributed by atoms with van der Waals surface area (Å²) in [6, 6.07) is 12.3. The van der Waals surface area contributed by atoms with E-state index in [1.165, 1.54) is 11.8 Å². The summed E-state index contributed by atoms with van der Waals surface area (Å²) >= 11 is 0. The Kier molecular flexibility index (Phi) is 6.53. The first-order valence-corrected chi connectivity index (χ1v) is 11.3. The van der Waals surface area contributed by atoms with E-state index in [4.69, 9.17) is 4.74 Å². The maximum Gasteiger partial charge on any atom is 0.340 e. The van der Waals surface area contributed by atoms with Crippen LogP contribution in [0.4, 0.5) is 0 Å². The third kappa shape index (κ3) is 4.82. The number of aromatic nitrogens is 3. The van der Waals surface area contributed by atoms with Gasteiger partial charge in [-0.1, -0.05) is 30.3 Å². The van der Waals surface area contributed by atoms with Crippen LogP contribution in [0, 0.1) is 5.92 Å². The lowest BCUT2D eigenvalue weighted by Crippen LogP contribution is -2.44. The second kappa shape index (κ2) is 9.51. The highest BCUT2D eigenvalue weighted by Gasteiger charge is 2.28. The van der Waals surface area contributed by atoms with Gasteiger partial charge in [0.15, 0.2) is 11.8 Å². The molecule has 168 valence electrons. The Morgan fingerprint density at radius 1 is 1.09 bits per heavy atom. The van der Waals surface area contributed by atoms with Gasteiger partial charge in [0.1, 0.15) is 0 Å². The number of hydrogen-bond donors (Lipinski definition) is 0. The van der Waals surface area contributed by atoms with E-state index in [-0.39, 0.29) is 11.9 Å². The van der Waals surface area contributed by atoms with Gasteiger partial charge < -0.3 is 9.64 Å². The van der Waals surface area contributed by atoms with Crippen molar-refractivity contribution in [3.63, 3.8) is 0 Å². The first-order valence-electron chi connectivity index (χ1n) is 11.3. The predicted molar refractivity (Wildman–Crippen MR) is 122 cm³/mol. The minimum atomic E-state index is -0.831. The molecular formula is C25H30N4O3. The number of hydrogen-bond acceptors (Lipinski definition) is 5. The summed E-state index contributed by atoms with van der Waals surface area (Å²) < 4.78 is 7.28. The summed E-state index contributed by atoms with van der Waals surface area (Å²) in [7, 11) is 0. The van der Waals surface area contributed by atoms with Gasteiger partial charge in [-0.25, -0.2) is 14.5 Å². The van der Waals surface area contributed by atoms with Crippen LogP contribution in [-0.4, -0.2) is 50.7 Å². The van der Waals surface area contributed by atoms with Gasteiger partial charge in [0.25, 0.3) is 5.91 Å². The molecule has 1 atom stereocenters. The van der Waals surface area contributed by atoms with Crippen molar-refractivity contribution in [2.24, 2.45) is 5.92 Å². The molecule has 0 bridgehead atoms. The molecule has 0 spiro atoms. The van der Waals surface area contributed by atoms with E-state index in [0.29, 0.717) is 24.6 Å². The van der Waals surface area contributed by atoms with Crippen LogP contribution in [0.1, 0.15) is 55.6 Å². The summed E-state index contributed by atoms with van der Waals surface area (Å²) in [5, 5.41) is 5.09. The normalized spacial score (nSPS) is 15.8. The number of rotatable bonds is 6. The van der Waals surface area contributed by atoms with Crippen molar-refractivity contribution in [3.8, 4) is 0 Å². The fourth-order valence-corrected chi connectivity index (χ4v) is 4.27. The summed E-state index contributed by atoms with van der Waals surface area (Å²) in [6.07, 6.45) is 5.30. The Hall–Kier alpha value is -3.22. The maximum atomic E-state index is 12.8. The van der Waals surface area contributed by atoms with Gasteiger partial charge in [0, 0.05) is 30.7 Å². The molecule has 1 amide bonds. The number of nitrogens with zero attached hydrogens (tertiary/aromatic N) is 4. The van der Waals surface area contributed by atoms with Crippen LogP contribution in [0.15, 0.2) is 48.8 Å². The Labute approximate surface area is 188 Å². The first-order chi connectivity index (χ1) is 15.4. The average molecular weight is 435 g/mol. The van der Waals surface area contributed by atoms with Crippen LogP contribution in [0.5, 0.6) is 0 Å². The Balaban J connectivity index is 1.31. The van der Waals surface area contributed by atoms with E-state index < -0.39 is 12.1 Å². The van der Waals surface area contributed by atoms with Crippen molar-refractivity contribution in [2.45, 2.75) is 52.2 Å². The monoisotopic (exact) mass is 434 g/mol. The molecule has 3 heterocycles. The van der Waals surface area contributed by atoms with Crippen LogP contribution in [-0.2, 0) is 16.0 Å². The molecule has 2 aromatic heterocycles. The zero-order chi connectivity index (χ0) is 22.7. The molecule has 0 N–H and O–H groups in total. The number of amides is 1. The second-order valence-corrected chi connectivity index (χ2v) is 8.83. The number of likely N-dealkylation sites (tertiary alicyclic amines) is 1. The van der Waals surface area contributed by atoms with Crippen LogP contribution >= 0.6 is 0 Å². The first kappa shape index (κ1) is 22.0. The highest BCUT2D eigenvalue weighted by atomic mass is 16.5. The molecule has 1 aliphatic heterocycles. The molecule has 32 heavy (non-hydrogen) atoms. The number of pyridine rings is 1. The Morgan fingerprint density at radius 3 is 2.50 bits per heavy atom. The fourth-order valence-electron chi connectivity index (χ4n) is 4.27. The lowest BCUT2D eigenvalue weighted by atomic mass is 9.90. The average Bonchev–Trinajstić information content (AvgIpc) is 3.23. The quantitative estimate of drug-likeness (QED) is 0.547. The van der Waals surface area contributed by atoms with Gasteiger partial charge >= 0.3 is 5.97 Å². The van der Waals surface area contributed by atoms with Gasteiger partial charge in [-0.3, -0.25) is 4.79 Å². The number of carbonyl (C=O) groups excluding carboxylic acids is 2. The third-order valence-electron chi connectivity index (χ3n) is 6.08. The molecule has 0 aliphatic carbocycles. The topological polar surface area (TPSA) is 77.3 Å². The number of piperidine rings is 1. The molecule has 1 fully saturated rings. The lowest BCUT2D eigenvalue weighted by molar-refractivity contribution is -0.141. The molecular weight excluding hydrogens is 404 g/mol. The molecule has 0 saturated carbocycles. The van der Waals surface area contributed by atoms with Crippen molar-refractivity contribution in [1.29, 1.82) is 0 Å². The molecule has 1 aromatic carbocycles. The molecule has 7 heteroatoms. The van der Waals surface area contributed by atoms with Crippen molar-refractivity contribution in [2.75, 3.05) is 13.1 Å². The molecule has 4 rings (SSSR count). The smallest absolute Gasteiger partial charge is 0.340 e. The van der Waals surface area contributed by atoms with Gasteiger partial charge in [-0.05, 0) is 57.6 Å². The third-order valence-corrected chi connectivity index (χ3v) is 6.08. The molecule has 7 nitrogen and oxygen atoms in total. The summed E-state index contributed by atoms with van der Waals surface area (Å²) in [4.78, 5) is 31.6. The highest BCUT2D eigenvalue weighted by Crippen LogP contribution is 2.23. The van der Waals surface area contributed by atoms with Crippen LogP contribution < -0.4 is 0 Å². The number of fused-ring (bicyclic) bond motifs is 1. The number of ether oxygens (including phenoxy) is 1. The minimum Gasteiger partial charge on any atom is -0.449 e. The van der Waals surface area contributed by atoms with Crippen molar-refractivity contribution < 1.29 is 14.3 Å². The summed E-state index contributed by atoms with van der Waals surface area (Å²) in [5.74, 6) is -0.112. The van der Waals surface area contributed by atoms with Crippen molar-refractivity contribution in [3.05, 3.63) is 59.9 Å². The highest BCUT2D eigenvalue weighted by molar-refractivity contribution is 5.94.